The molecule has 1 rings (SSSR count). The van der Waals surface area contributed by atoms with Crippen molar-refractivity contribution in [3.8, 4) is 0 Å². The molecule has 0 unspecified atom stereocenters. The molecular formula is C8H13N. The second-order valence-electron chi connectivity index (χ2n) is 2.58. The van der Waals surface area contributed by atoms with Gasteiger partial charge in [0.1, 0.15) is 0 Å². The van der Waals surface area contributed by atoms with Gasteiger partial charge in [0.15, 0.2) is 0 Å². The van der Waals surface area contributed by atoms with Gasteiger partial charge >= 0.3 is 0 Å². The van der Waals surface area contributed by atoms with E-state index in [2.05, 4.69) is 18.0 Å². The van der Waals surface area contributed by atoms with E-state index in [9.17, 15) is 0 Å². The molecule has 0 atom stereocenters. The number of allylic oxidation sites excluding steroid dienone is 2. The summed E-state index contributed by atoms with van der Waals surface area (Å²) in [5.41, 5.74) is 2.65. The third kappa shape index (κ3) is 2.02. The molecule has 0 amide bonds. The van der Waals surface area contributed by atoms with Gasteiger partial charge in [-0.1, -0.05) is 23.8 Å². The summed E-state index contributed by atoms with van der Waals surface area (Å²) in [4.78, 5) is 0. The average molecular weight is 123 g/mol. The van der Waals surface area contributed by atoms with Crippen molar-refractivity contribution in [2.24, 2.45) is 0 Å². The first kappa shape index (κ1) is 6.56. The average Bonchev–Trinajstić information content (AvgIpc) is 2.15. The minimum atomic E-state index is 1.06. The highest BCUT2D eigenvalue weighted by Gasteiger charge is 2.03. The molecule has 1 N–H and O–H groups in total. The van der Waals surface area contributed by atoms with Crippen molar-refractivity contribution < 1.29 is 0 Å². The van der Waals surface area contributed by atoms with Crippen LogP contribution < -0.4 is 5.32 Å². The van der Waals surface area contributed by atoms with Crippen molar-refractivity contribution in [3.05, 3.63) is 23.8 Å². The first-order valence-corrected chi connectivity index (χ1v) is 3.35. The second kappa shape index (κ2) is 2.83. The maximum absolute atomic E-state index is 3.81. The Morgan fingerprint density at radius 2 is 2.56 bits per heavy atom. The highest BCUT2D eigenvalue weighted by Crippen LogP contribution is 2.07. The smallest absolute Gasteiger partial charge is 0.0168 e. The van der Waals surface area contributed by atoms with Crippen molar-refractivity contribution in [2.75, 3.05) is 13.1 Å². The lowest BCUT2D eigenvalue weighted by Crippen LogP contribution is -2.04. The molecule has 1 nitrogen and oxygen atoms in total. The van der Waals surface area contributed by atoms with E-state index in [1.54, 1.807) is 0 Å². The van der Waals surface area contributed by atoms with Crippen LogP contribution in [0.5, 0.6) is 0 Å². The van der Waals surface area contributed by atoms with Gasteiger partial charge in [0.05, 0.1) is 0 Å². The van der Waals surface area contributed by atoms with Crippen LogP contribution in [0.1, 0.15) is 13.3 Å². The highest BCUT2D eigenvalue weighted by atomic mass is 14.9. The van der Waals surface area contributed by atoms with Gasteiger partial charge in [0, 0.05) is 6.54 Å². The summed E-state index contributed by atoms with van der Waals surface area (Å²) in [5.74, 6) is 0. The van der Waals surface area contributed by atoms with Crippen LogP contribution in [0.3, 0.4) is 0 Å². The van der Waals surface area contributed by atoms with Crippen molar-refractivity contribution in [3.63, 3.8) is 0 Å². The zero-order valence-corrected chi connectivity index (χ0v) is 5.91. The Balaban J connectivity index is 2.49. The van der Waals surface area contributed by atoms with Crippen molar-refractivity contribution >= 4 is 0 Å². The molecule has 1 aliphatic rings. The van der Waals surface area contributed by atoms with Crippen molar-refractivity contribution in [1.82, 2.24) is 5.32 Å². The zero-order valence-electron chi connectivity index (χ0n) is 5.91. The van der Waals surface area contributed by atoms with Crippen LogP contribution in [0, 0.1) is 0 Å². The lowest BCUT2D eigenvalue weighted by molar-refractivity contribution is 0.862. The largest absolute Gasteiger partial charge is 0.313 e. The van der Waals surface area contributed by atoms with E-state index < -0.39 is 0 Å². The number of hydrogen-bond acceptors (Lipinski definition) is 1. The van der Waals surface area contributed by atoms with Gasteiger partial charge < -0.3 is 5.32 Å². The van der Waals surface area contributed by atoms with Crippen LogP contribution in [-0.4, -0.2) is 13.1 Å². The second-order valence-corrected chi connectivity index (χ2v) is 2.58. The minimum absolute atomic E-state index is 1.06. The Hall–Kier alpha value is -0.560. The predicted molar refractivity (Wildman–Crippen MR) is 40.4 cm³/mol. The van der Waals surface area contributed by atoms with Crippen molar-refractivity contribution in [2.45, 2.75) is 13.3 Å². The van der Waals surface area contributed by atoms with E-state index in [1.807, 2.05) is 6.92 Å². The van der Waals surface area contributed by atoms with E-state index in [0.29, 0.717) is 0 Å². The van der Waals surface area contributed by atoms with E-state index in [-0.39, 0.29) is 0 Å². The fourth-order valence-electron chi connectivity index (χ4n) is 1.06. The van der Waals surface area contributed by atoms with E-state index in [1.165, 1.54) is 12.0 Å². The van der Waals surface area contributed by atoms with E-state index in [0.717, 1.165) is 18.7 Å². The lowest BCUT2D eigenvalue weighted by Gasteiger charge is -1.91. The Morgan fingerprint density at radius 3 is 3.00 bits per heavy atom. The lowest BCUT2D eigenvalue weighted by atomic mass is 10.2. The van der Waals surface area contributed by atoms with Gasteiger partial charge in [-0.2, -0.15) is 0 Å². The molecule has 9 heavy (non-hydrogen) atoms. The van der Waals surface area contributed by atoms with Crippen LogP contribution in [0.4, 0.5) is 0 Å². The Morgan fingerprint density at radius 1 is 1.78 bits per heavy atom. The van der Waals surface area contributed by atoms with Gasteiger partial charge in [-0.15, -0.1) is 0 Å². The summed E-state index contributed by atoms with van der Waals surface area (Å²) in [6, 6.07) is 0. The molecule has 1 fully saturated rings. The molecule has 1 saturated heterocycles. The predicted octanol–water partition coefficient (Wildman–Crippen LogP) is 1.48. The molecule has 1 heterocycles. The van der Waals surface area contributed by atoms with Gasteiger partial charge in [-0.05, 0) is 19.9 Å². The molecule has 0 aromatic heterocycles. The summed E-state index contributed by atoms with van der Waals surface area (Å²) >= 11 is 0. The van der Waals surface area contributed by atoms with Gasteiger partial charge in [-0.3, -0.25) is 0 Å². The Kier molecular flexibility index (Phi) is 2.06. The molecule has 0 bridgehead atoms. The van der Waals surface area contributed by atoms with E-state index in [4.69, 9.17) is 0 Å². The molecule has 0 aliphatic carbocycles. The Labute approximate surface area is 56.5 Å². The minimum Gasteiger partial charge on any atom is -0.313 e. The fourth-order valence-corrected chi connectivity index (χ4v) is 1.06. The molecule has 0 radical (unpaired) electrons. The van der Waals surface area contributed by atoms with Gasteiger partial charge in [-0.25, -0.2) is 0 Å². The van der Waals surface area contributed by atoms with Gasteiger partial charge in [0.2, 0.25) is 0 Å². The summed E-state index contributed by atoms with van der Waals surface area (Å²) in [6.45, 7) is 8.05. The third-order valence-corrected chi connectivity index (χ3v) is 1.43. The highest BCUT2D eigenvalue weighted by molar-refractivity contribution is 5.21. The number of hydrogen-bond donors (Lipinski definition) is 1. The zero-order chi connectivity index (χ0) is 6.69. The molecule has 0 saturated carbocycles. The normalized spacial score (nSPS) is 23.0. The van der Waals surface area contributed by atoms with Gasteiger partial charge in [0.25, 0.3) is 0 Å². The maximum atomic E-state index is 3.81. The quantitative estimate of drug-likeness (QED) is 0.557. The van der Waals surface area contributed by atoms with Crippen LogP contribution in [0.25, 0.3) is 0 Å². The molecule has 1 aliphatic heterocycles. The Bertz CT molecular complexity index is 137. The van der Waals surface area contributed by atoms with E-state index >= 15 is 0 Å². The fraction of sp³-hybridized carbons (Fsp3) is 0.500. The molecule has 0 aromatic carbocycles. The van der Waals surface area contributed by atoms with Crippen LogP contribution in [0.15, 0.2) is 23.8 Å². The third-order valence-electron chi connectivity index (χ3n) is 1.43. The van der Waals surface area contributed by atoms with Crippen molar-refractivity contribution in [1.29, 1.82) is 0 Å². The monoisotopic (exact) mass is 123 g/mol. The molecule has 1 heteroatoms. The maximum Gasteiger partial charge on any atom is 0.0168 e. The molecule has 50 valence electrons. The summed E-state index contributed by atoms with van der Waals surface area (Å²) in [6.07, 6.45) is 3.37. The number of rotatable bonds is 1. The topological polar surface area (TPSA) is 12.0 Å². The van der Waals surface area contributed by atoms with Crippen LogP contribution >= 0.6 is 0 Å². The van der Waals surface area contributed by atoms with Crippen LogP contribution in [0.2, 0.25) is 0 Å². The standard InChI is InChI=1S/C8H13N/c1-7(2)5-8-3-4-9-6-8/h5,9H,1,3-4,6H2,2H3/b8-5-. The first-order valence-electron chi connectivity index (χ1n) is 3.35. The first-order chi connectivity index (χ1) is 4.29. The summed E-state index contributed by atoms with van der Waals surface area (Å²) in [5, 5.41) is 3.27. The molecular weight excluding hydrogens is 110 g/mol. The number of nitrogens with one attached hydrogen (secondary N) is 1. The molecule has 0 spiro atoms. The molecule has 0 aromatic rings. The summed E-state index contributed by atoms with van der Waals surface area (Å²) in [7, 11) is 0. The SMILES string of the molecule is C=C(C)/C=C1/CCNC1. The van der Waals surface area contributed by atoms with Crippen LogP contribution in [-0.2, 0) is 0 Å². The summed E-state index contributed by atoms with van der Waals surface area (Å²) < 4.78 is 0.